The number of hydrogen-bond acceptors (Lipinski definition) is 3. The molecule has 4 heteroatoms. The van der Waals surface area contributed by atoms with Crippen LogP contribution in [0.25, 0.3) is 0 Å². The Bertz CT molecular complexity index is 990. The molecule has 0 radical (unpaired) electrons. The van der Waals surface area contributed by atoms with Gasteiger partial charge in [-0.05, 0) is 73.4 Å². The van der Waals surface area contributed by atoms with E-state index in [4.69, 9.17) is 9.47 Å². The van der Waals surface area contributed by atoms with E-state index in [-0.39, 0.29) is 5.91 Å². The highest BCUT2D eigenvalue weighted by atomic mass is 16.5. The Morgan fingerprint density at radius 3 is 2.34 bits per heavy atom. The van der Waals surface area contributed by atoms with E-state index < -0.39 is 0 Å². The Morgan fingerprint density at radius 2 is 1.66 bits per heavy atom. The van der Waals surface area contributed by atoms with Crippen LogP contribution in [0.1, 0.15) is 39.5 Å². The van der Waals surface area contributed by atoms with Gasteiger partial charge in [0.1, 0.15) is 18.1 Å². The molecule has 0 heterocycles. The summed E-state index contributed by atoms with van der Waals surface area (Å²) in [6.45, 7) is 6.47. The van der Waals surface area contributed by atoms with Gasteiger partial charge in [0.05, 0.1) is 7.11 Å². The highest BCUT2D eigenvalue weighted by Gasteiger charge is 2.13. The first kappa shape index (κ1) is 20.5. The first-order valence-corrected chi connectivity index (χ1v) is 9.77. The Balaban J connectivity index is 1.79. The van der Waals surface area contributed by atoms with Crippen LogP contribution in [0.5, 0.6) is 11.5 Å². The fourth-order valence-corrected chi connectivity index (χ4v) is 3.35. The van der Waals surface area contributed by atoms with Crippen molar-refractivity contribution < 1.29 is 14.3 Å². The molecule has 0 saturated heterocycles. The van der Waals surface area contributed by atoms with Gasteiger partial charge in [0.25, 0.3) is 5.91 Å². The minimum absolute atomic E-state index is 0.152. The Kier molecular flexibility index (Phi) is 6.55. The molecule has 0 spiro atoms. The van der Waals surface area contributed by atoms with Gasteiger partial charge in [0.15, 0.2) is 0 Å². The summed E-state index contributed by atoms with van der Waals surface area (Å²) in [5.41, 5.74) is 5.62. The topological polar surface area (TPSA) is 47.6 Å². The Morgan fingerprint density at radius 1 is 0.931 bits per heavy atom. The molecule has 4 nitrogen and oxygen atoms in total. The fraction of sp³-hybridized carbons (Fsp3) is 0.240. The van der Waals surface area contributed by atoms with Crippen molar-refractivity contribution >= 4 is 11.6 Å². The first-order valence-electron chi connectivity index (χ1n) is 9.77. The summed E-state index contributed by atoms with van der Waals surface area (Å²) >= 11 is 0. The van der Waals surface area contributed by atoms with E-state index >= 15 is 0 Å². The van der Waals surface area contributed by atoms with Crippen LogP contribution in [0.15, 0.2) is 60.7 Å². The van der Waals surface area contributed by atoms with Crippen LogP contribution in [0.3, 0.4) is 0 Å². The number of benzene rings is 3. The molecule has 150 valence electrons. The number of amides is 1. The molecule has 0 aliphatic rings. The summed E-state index contributed by atoms with van der Waals surface area (Å²) in [6, 6.07) is 19.3. The van der Waals surface area contributed by atoms with Gasteiger partial charge in [0.2, 0.25) is 0 Å². The molecule has 1 amide bonds. The average molecular weight is 389 g/mol. The SMILES string of the molecule is CCc1ccccc1NC(=O)c1ccc(OC)c(COc2cc(C)cc(C)c2)c1. The van der Waals surface area contributed by atoms with Crippen molar-refractivity contribution in [1.29, 1.82) is 0 Å². The van der Waals surface area contributed by atoms with E-state index in [1.165, 1.54) is 0 Å². The molecule has 0 aliphatic heterocycles. The summed E-state index contributed by atoms with van der Waals surface area (Å²) in [5.74, 6) is 1.34. The lowest BCUT2D eigenvalue weighted by Crippen LogP contribution is -2.14. The van der Waals surface area contributed by atoms with Crippen LogP contribution in [0.4, 0.5) is 5.69 Å². The lowest BCUT2D eigenvalue weighted by atomic mass is 10.1. The Labute approximate surface area is 172 Å². The molecular weight excluding hydrogens is 362 g/mol. The number of aryl methyl sites for hydroxylation is 3. The van der Waals surface area contributed by atoms with E-state index in [2.05, 4.69) is 18.3 Å². The monoisotopic (exact) mass is 389 g/mol. The molecule has 1 N–H and O–H groups in total. The van der Waals surface area contributed by atoms with Crippen LogP contribution < -0.4 is 14.8 Å². The van der Waals surface area contributed by atoms with Crippen molar-refractivity contribution in [2.45, 2.75) is 33.8 Å². The van der Waals surface area contributed by atoms with E-state index in [0.717, 1.165) is 40.1 Å². The van der Waals surface area contributed by atoms with Crippen molar-refractivity contribution in [3.05, 3.63) is 88.5 Å². The van der Waals surface area contributed by atoms with E-state index in [9.17, 15) is 4.79 Å². The molecule has 0 aromatic heterocycles. The minimum atomic E-state index is -0.152. The molecule has 0 unspecified atom stereocenters. The first-order chi connectivity index (χ1) is 14.0. The summed E-state index contributed by atoms with van der Waals surface area (Å²) in [4.78, 5) is 12.8. The molecule has 3 rings (SSSR count). The third-order valence-corrected chi connectivity index (χ3v) is 4.78. The third-order valence-electron chi connectivity index (χ3n) is 4.78. The van der Waals surface area contributed by atoms with Gasteiger partial charge in [-0.3, -0.25) is 4.79 Å². The summed E-state index contributed by atoms with van der Waals surface area (Å²) in [6.07, 6.45) is 0.855. The van der Waals surface area contributed by atoms with Crippen molar-refractivity contribution in [3.8, 4) is 11.5 Å². The number of hydrogen-bond donors (Lipinski definition) is 1. The molecule has 3 aromatic carbocycles. The Hall–Kier alpha value is -3.27. The molecule has 0 saturated carbocycles. The van der Waals surface area contributed by atoms with Crippen molar-refractivity contribution in [3.63, 3.8) is 0 Å². The molecule has 0 fully saturated rings. The quantitative estimate of drug-likeness (QED) is 0.563. The highest BCUT2D eigenvalue weighted by Crippen LogP contribution is 2.24. The molecule has 29 heavy (non-hydrogen) atoms. The number of nitrogens with one attached hydrogen (secondary N) is 1. The molecule has 0 atom stereocenters. The number of ether oxygens (including phenoxy) is 2. The van der Waals surface area contributed by atoms with Crippen LogP contribution >= 0.6 is 0 Å². The molecule has 3 aromatic rings. The zero-order valence-corrected chi connectivity index (χ0v) is 17.4. The van der Waals surface area contributed by atoms with E-state index in [0.29, 0.717) is 17.9 Å². The highest BCUT2D eigenvalue weighted by molar-refractivity contribution is 6.04. The number of rotatable bonds is 7. The van der Waals surface area contributed by atoms with Crippen LogP contribution in [0.2, 0.25) is 0 Å². The van der Waals surface area contributed by atoms with Gasteiger partial charge < -0.3 is 14.8 Å². The van der Waals surface area contributed by atoms with Gasteiger partial charge >= 0.3 is 0 Å². The van der Waals surface area contributed by atoms with Gasteiger partial charge in [-0.15, -0.1) is 0 Å². The maximum Gasteiger partial charge on any atom is 0.255 e. The average Bonchev–Trinajstić information content (AvgIpc) is 2.71. The van der Waals surface area contributed by atoms with Gasteiger partial charge in [-0.1, -0.05) is 31.2 Å². The number of anilines is 1. The number of methoxy groups -OCH3 is 1. The van der Waals surface area contributed by atoms with Gasteiger partial charge in [-0.2, -0.15) is 0 Å². The maximum absolute atomic E-state index is 12.8. The zero-order valence-electron chi connectivity index (χ0n) is 17.4. The summed E-state index contributed by atoms with van der Waals surface area (Å²) in [5, 5.41) is 3.01. The predicted octanol–water partition coefficient (Wildman–Crippen LogP) is 5.71. The fourth-order valence-electron chi connectivity index (χ4n) is 3.35. The molecular formula is C25H27NO3. The van der Waals surface area contributed by atoms with Gasteiger partial charge in [-0.25, -0.2) is 0 Å². The zero-order chi connectivity index (χ0) is 20.8. The van der Waals surface area contributed by atoms with Crippen LogP contribution in [0, 0.1) is 13.8 Å². The third kappa shape index (κ3) is 5.17. The van der Waals surface area contributed by atoms with Crippen LogP contribution in [-0.2, 0) is 13.0 Å². The maximum atomic E-state index is 12.8. The predicted molar refractivity (Wildman–Crippen MR) is 117 cm³/mol. The molecule has 0 bridgehead atoms. The lowest BCUT2D eigenvalue weighted by Gasteiger charge is -2.14. The summed E-state index contributed by atoms with van der Waals surface area (Å²) < 4.78 is 11.4. The van der Waals surface area contributed by atoms with Crippen molar-refractivity contribution in [2.24, 2.45) is 0 Å². The second-order valence-electron chi connectivity index (χ2n) is 7.10. The van der Waals surface area contributed by atoms with Gasteiger partial charge in [0, 0.05) is 16.8 Å². The largest absolute Gasteiger partial charge is 0.496 e. The second kappa shape index (κ2) is 9.28. The van der Waals surface area contributed by atoms with Crippen molar-refractivity contribution in [1.82, 2.24) is 0 Å². The molecule has 0 aliphatic carbocycles. The van der Waals surface area contributed by atoms with E-state index in [1.807, 2.05) is 56.3 Å². The van der Waals surface area contributed by atoms with Crippen molar-refractivity contribution in [2.75, 3.05) is 12.4 Å². The second-order valence-corrected chi connectivity index (χ2v) is 7.10. The minimum Gasteiger partial charge on any atom is -0.496 e. The number of para-hydroxylation sites is 1. The standard InChI is InChI=1S/C25H27NO3/c1-5-19-8-6-7-9-23(19)26-25(27)20-10-11-24(28-4)21(15-20)16-29-22-13-17(2)12-18(3)14-22/h6-15H,5,16H2,1-4H3,(H,26,27). The normalized spacial score (nSPS) is 10.5. The lowest BCUT2D eigenvalue weighted by molar-refractivity contribution is 0.102. The smallest absolute Gasteiger partial charge is 0.255 e. The van der Waals surface area contributed by atoms with E-state index in [1.54, 1.807) is 19.2 Å². The number of carbonyl (C=O) groups is 1. The van der Waals surface area contributed by atoms with Crippen LogP contribution in [-0.4, -0.2) is 13.0 Å². The number of carbonyl (C=O) groups excluding carboxylic acids is 1. The summed E-state index contributed by atoms with van der Waals surface area (Å²) in [7, 11) is 1.62.